The molecule has 0 spiro atoms. The molecule has 1 atom stereocenters. The number of ether oxygens (including phenoxy) is 1. The summed E-state index contributed by atoms with van der Waals surface area (Å²) in [4.78, 5) is 1.80. The minimum Gasteiger partial charge on any atom is -1.00 e. The number of anilines is 1. The van der Waals surface area contributed by atoms with E-state index in [-0.39, 0.29) is 37.5 Å². The topological polar surface area (TPSA) is 87.1 Å². The van der Waals surface area contributed by atoms with Gasteiger partial charge in [0.25, 0.3) is 10.1 Å². The van der Waals surface area contributed by atoms with Gasteiger partial charge in [-0.3, -0.25) is 4.55 Å². The Bertz CT molecular complexity index is 514. The molecule has 0 amide bonds. The number of hydrogen-bond acceptors (Lipinski definition) is 5. The average molecular weight is 313 g/mol. The first-order valence-electron chi connectivity index (χ1n) is 5.88. The van der Waals surface area contributed by atoms with Crippen molar-refractivity contribution in [3.8, 4) is 5.75 Å². The number of nitrogens with zero attached hydrogens (tertiary/aromatic N) is 1. The predicted molar refractivity (Wildman–Crippen MR) is 74.4 cm³/mol. The molecule has 0 aliphatic carbocycles. The van der Waals surface area contributed by atoms with E-state index in [0.717, 1.165) is 5.69 Å². The molecule has 8 heteroatoms. The van der Waals surface area contributed by atoms with E-state index in [4.69, 9.17) is 9.29 Å². The van der Waals surface area contributed by atoms with Crippen LogP contribution in [0.25, 0.3) is 0 Å². The maximum absolute atomic E-state index is 10.7. The van der Waals surface area contributed by atoms with E-state index in [1.54, 1.807) is 24.1 Å². The molecule has 20 heavy (non-hydrogen) atoms. The Morgan fingerprint density at radius 3 is 2.60 bits per heavy atom. The van der Waals surface area contributed by atoms with Crippen LogP contribution in [-0.2, 0) is 10.1 Å². The molecule has 0 heterocycles. The van der Waals surface area contributed by atoms with Crippen LogP contribution < -0.4 is 39.2 Å². The molecule has 110 valence electrons. The van der Waals surface area contributed by atoms with Gasteiger partial charge < -0.3 is 16.2 Å². The third-order valence-corrected chi connectivity index (χ3v) is 3.44. The molecule has 0 saturated heterocycles. The second-order valence-electron chi connectivity index (χ2n) is 4.14. The van der Waals surface area contributed by atoms with E-state index in [1.807, 2.05) is 19.1 Å². The van der Waals surface area contributed by atoms with Crippen molar-refractivity contribution in [1.82, 2.24) is 0 Å². The third kappa shape index (κ3) is 6.92. The van der Waals surface area contributed by atoms with Gasteiger partial charge in [-0.15, -0.1) is 0 Å². The molecule has 1 aromatic rings. The molecule has 0 aromatic heterocycles. The van der Waals surface area contributed by atoms with Crippen molar-refractivity contribution in [3.05, 3.63) is 24.3 Å². The number of methoxy groups -OCH3 is 1. The molecule has 0 aliphatic heterocycles. The molecule has 0 aliphatic rings. The first-order valence-corrected chi connectivity index (χ1v) is 7.49. The van der Waals surface area contributed by atoms with Crippen LogP contribution in [0.2, 0.25) is 0 Å². The van der Waals surface area contributed by atoms with Gasteiger partial charge in [-0.1, -0.05) is 6.07 Å². The van der Waals surface area contributed by atoms with E-state index >= 15 is 0 Å². The Morgan fingerprint density at radius 1 is 1.45 bits per heavy atom. The van der Waals surface area contributed by atoms with Crippen molar-refractivity contribution >= 4 is 15.8 Å². The van der Waals surface area contributed by atoms with Crippen molar-refractivity contribution in [2.75, 3.05) is 30.9 Å². The van der Waals surface area contributed by atoms with E-state index in [0.29, 0.717) is 12.3 Å². The second-order valence-corrected chi connectivity index (χ2v) is 5.64. The molecule has 1 aromatic carbocycles. The van der Waals surface area contributed by atoms with Gasteiger partial charge in [0.05, 0.1) is 13.2 Å². The van der Waals surface area contributed by atoms with Gasteiger partial charge in [0.1, 0.15) is 11.5 Å². The van der Waals surface area contributed by atoms with Crippen LogP contribution in [-0.4, -0.2) is 50.1 Å². The zero-order valence-corrected chi connectivity index (χ0v) is 14.8. The molecule has 0 radical (unpaired) electrons. The van der Waals surface area contributed by atoms with Crippen molar-refractivity contribution in [3.63, 3.8) is 0 Å². The maximum Gasteiger partial charge on any atom is 1.00 e. The quantitative estimate of drug-likeness (QED) is 0.442. The number of aliphatic hydroxyl groups is 1. The normalized spacial score (nSPS) is 12.4. The summed E-state index contributed by atoms with van der Waals surface area (Å²) in [6.07, 6.45) is -1.15. The number of rotatable bonds is 7. The van der Waals surface area contributed by atoms with Crippen LogP contribution in [0, 0.1) is 0 Å². The minimum atomic E-state index is -4.17. The molecular weight excluding hydrogens is 293 g/mol. The van der Waals surface area contributed by atoms with Gasteiger partial charge >= 0.3 is 29.6 Å². The molecular formula is C12H20NNaO5S. The van der Waals surface area contributed by atoms with Crippen molar-refractivity contribution in [1.29, 1.82) is 0 Å². The molecule has 2 N–H and O–H groups in total. The summed E-state index contributed by atoms with van der Waals surface area (Å²) in [5.74, 6) is 0.00761. The van der Waals surface area contributed by atoms with Gasteiger partial charge in [0.2, 0.25) is 0 Å². The Morgan fingerprint density at radius 2 is 2.10 bits per heavy atom. The number of hydrogen-bond donors (Lipinski definition) is 2. The average Bonchev–Trinajstić information content (AvgIpc) is 2.34. The Kier molecular flexibility index (Phi) is 8.72. The van der Waals surface area contributed by atoms with Crippen molar-refractivity contribution in [2.45, 2.75) is 13.0 Å². The molecule has 6 nitrogen and oxygen atoms in total. The fraction of sp³-hybridized carbons (Fsp3) is 0.500. The second kappa shape index (κ2) is 8.86. The van der Waals surface area contributed by atoms with Gasteiger partial charge in [0, 0.05) is 24.8 Å². The summed E-state index contributed by atoms with van der Waals surface area (Å²) in [7, 11) is -2.62. The zero-order chi connectivity index (χ0) is 14.5. The Hall–Kier alpha value is -0.310. The SMILES string of the molecule is CCN(CC(O)CS(=O)(=O)O)c1cccc(OC)c1.[H-].[Na+]. The van der Waals surface area contributed by atoms with Crippen molar-refractivity contribution < 1.29 is 53.8 Å². The Labute approximate surface area is 143 Å². The summed E-state index contributed by atoms with van der Waals surface area (Å²) >= 11 is 0. The van der Waals surface area contributed by atoms with E-state index in [2.05, 4.69) is 0 Å². The predicted octanol–water partition coefficient (Wildman–Crippen LogP) is -2.11. The Balaban J connectivity index is 0. The first-order chi connectivity index (χ1) is 8.85. The van der Waals surface area contributed by atoms with Crippen LogP contribution in [0.4, 0.5) is 5.69 Å². The molecule has 1 unspecified atom stereocenters. The van der Waals surface area contributed by atoms with E-state index in [1.165, 1.54) is 0 Å². The van der Waals surface area contributed by atoms with Crippen LogP contribution in [0.5, 0.6) is 5.75 Å². The van der Waals surface area contributed by atoms with Crippen LogP contribution in [0.15, 0.2) is 24.3 Å². The van der Waals surface area contributed by atoms with Crippen LogP contribution >= 0.6 is 0 Å². The monoisotopic (exact) mass is 313 g/mol. The number of likely N-dealkylation sites (N-methyl/N-ethyl adjacent to an activating group) is 1. The van der Waals surface area contributed by atoms with E-state index < -0.39 is 22.0 Å². The van der Waals surface area contributed by atoms with E-state index in [9.17, 15) is 13.5 Å². The van der Waals surface area contributed by atoms with Gasteiger partial charge in [-0.05, 0) is 19.1 Å². The largest absolute Gasteiger partial charge is 1.00 e. The molecule has 0 saturated carbocycles. The van der Waals surface area contributed by atoms with Gasteiger partial charge in [-0.25, -0.2) is 0 Å². The molecule has 0 fully saturated rings. The first kappa shape index (κ1) is 19.7. The van der Waals surface area contributed by atoms with Crippen LogP contribution in [0.3, 0.4) is 0 Å². The summed E-state index contributed by atoms with van der Waals surface area (Å²) < 4.78 is 35.2. The standard InChI is InChI=1S/C12H19NO5S.Na.H/c1-3-13(8-11(14)9-19(15,16)17)10-5-4-6-12(7-10)18-2;;/h4-7,11,14H,3,8-9H2,1-2H3,(H,15,16,17);;/q;+1;-1. The van der Waals surface area contributed by atoms with Gasteiger partial charge in [0.15, 0.2) is 0 Å². The zero-order valence-electron chi connectivity index (χ0n) is 13.0. The summed E-state index contributed by atoms with van der Waals surface area (Å²) in [6.45, 7) is 2.60. The van der Waals surface area contributed by atoms with Crippen LogP contribution in [0.1, 0.15) is 8.35 Å². The fourth-order valence-electron chi connectivity index (χ4n) is 1.77. The molecule has 0 bridgehead atoms. The number of benzene rings is 1. The minimum absolute atomic E-state index is 0. The fourth-order valence-corrected chi connectivity index (χ4v) is 2.37. The number of aliphatic hydroxyl groups excluding tert-OH is 1. The summed E-state index contributed by atoms with van der Waals surface area (Å²) in [5, 5.41) is 9.66. The summed E-state index contributed by atoms with van der Waals surface area (Å²) in [6, 6.07) is 7.24. The van der Waals surface area contributed by atoms with Crippen molar-refractivity contribution in [2.24, 2.45) is 0 Å². The third-order valence-electron chi connectivity index (χ3n) is 2.63. The smallest absolute Gasteiger partial charge is 1.00 e. The summed E-state index contributed by atoms with van der Waals surface area (Å²) in [5.41, 5.74) is 0.816. The molecule has 1 rings (SSSR count). The van der Waals surface area contributed by atoms with Gasteiger partial charge in [-0.2, -0.15) is 8.42 Å². The maximum atomic E-state index is 10.7.